The summed E-state index contributed by atoms with van der Waals surface area (Å²) in [6.07, 6.45) is -0.0694. The van der Waals surface area contributed by atoms with E-state index in [4.69, 9.17) is 10.00 Å². The Kier molecular flexibility index (Phi) is 3.64. The average molecular weight is 237 g/mol. The largest absolute Gasteiger partial charge is 0.485 e. The lowest BCUT2D eigenvalue weighted by molar-refractivity contribution is 0.226. The van der Waals surface area contributed by atoms with E-state index >= 15 is 0 Å². The smallest absolute Gasteiger partial charge is 0.138 e. The van der Waals surface area contributed by atoms with Crippen molar-refractivity contribution in [2.45, 2.75) is 20.0 Å². The summed E-state index contributed by atoms with van der Waals surface area (Å²) in [7, 11) is 0. The summed E-state index contributed by atoms with van der Waals surface area (Å²) in [5.74, 6) is 0.647. The van der Waals surface area contributed by atoms with Gasteiger partial charge in [0.15, 0.2) is 0 Å². The molecule has 2 aromatic carbocycles. The number of ether oxygens (including phenoxy) is 1. The van der Waals surface area contributed by atoms with Crippen molar-refractivity contribution >= 4 is 0 Å². The van der Waals surface area contributed by atoms with Gasteiger partial charge < -0.3 is 4.74 Å². The molecule has 1 atom stereocenters. The third kappa shape index (κ3) is 2.70. The van der Waals surface area contributed by atoms with Gasteiger partial charge >= 0.3 is 0 Å². The number of hydrogen-bond donors (Lipinski definition) is 0. The molecule has 0 spiro atoms. The molecule has 90 valence electrons. The fraction of sp³-hybridized carbons (Fsp3) is 0.188. The first-order valence-corrected chi connectivity index (χ1v) is 5.93. The van der Waals surface area contributed by atoms with Crippen molar-refractivity contribution in [1.82, 2.24) is 0 Å². The van der Waals surface area contributed by atoms with Gasteiger partial charge in [-0.3, -0.25) is 0 Å². The van der Waals surface area contributed by atoms with Crippen molar-refractivity contribution < 1.29 is 4.74 Å². The van der Waals surface area contributed by atoms with Crippen LogP contribution in [-0.4, -0.2) is 0 Å². The van der Waals surface area contributed by atoms with E-state index in [1.165, 1.54) is 0 Å². The van der Waals surface area contributed by atoms with Crippen molar-refractivity contribution in [1.29, 1.82) is 5.26 Å². The summed E-state index contributed by atoms with van der Waals surface area (Å²) in [6.45, 7) is 3.97. The predicted molar refractivity (Wildman–Crippen MR) is 71.4 cm³/mol. The number of nitriles is 1. The monoisotopic (exact) mass is 237 g/mol. The minimum atomic E-state index is -0.0694. The molecule has 0 bridgehead atoms. The maximum absolute atomic E-state index is 9.06. The Balaban J connectivity index is 2.24. The van der Waals surface area contributed by atoms with E-state index in [1.54, 1.807) is 6.07 Å². The second-order valence-corrected chi connectivity index (χ2v) is 4.28. The lowest BCUT2D eigenvalue weighted by Crippen LogP contribution is -2.04. The number of rotatable bonds is 3. The maximum Gasteiger partial charge on any atom is 0.138 e. The standard InChI is InChI=1S/C16H15NO/c1-12-8-9-15(11-17)16(10-12)18-13(2)14-6-4-3-5-7-14/h3-10,13H,1-2H3. The SMILES string of the molecule is Cc1ccc(C#N)c(OC(C)c2ccccc2)c1. The van der Waals surface area contributed by atoms with E-state index in [-0.39, 0.29) is 6.10 Å². The van der Waals surface area contributed by atoms with E-state index in [2.05, 4.69) is 6.07 Å². The zero-order valence-electron chi connectivity index (χ0n) is 10.6. The van der Waals surface area contributed by atoms with Gasteiger partial charge in [0.05, 0.1) is 5.56 Å². The van der Waals surface area contributed by atoms with Crippen LogP contribution in [-0.2, 0) is 0 Å². The van der Waals surface area contributed by atoms with Crippen LogP contribution in [0.1, 0.15) is 29.7 Å². The lowest BCUT2D eigenvalue weighted by atomic mass is 10.1. The molecule has 18 heavy (non-hydrogen) atoms. The van der Waals surface area contributed by atoms with Gasteiger partial charge in [-0.15, -0.1) is 0 Å². The van der Waals surface area contributed by atoms with Gasteiger partial charge in [-0.25, -0.2) is 0 Å². The normalized spacial score (nSPS) is 11.6. The maximum atomic E-state index is 9.06. The third-order valence-corrected chi connectivity index (χ3v) is 2.83. The predicted octanol–water partition coefficient (Wildman–Crippen LogP) is 4.01. The summed E-state index contributed by atoms with van der Waals surface area (Å²) in [6, 6.07) is 17.7. The van der Waals surface area contributed by atoms with Crippen LogP contribution < -0.4 is 4.74 Å². The van der Waals surface area contributed by atoms with Crippen molar-refractivity contribution in [3.8, 4) is 11.8 Å². The van der Waals surface area contributed by atoms with Gasteiger partial charge in [0, 0.05) is 0 Å². The first-order valence-electron chi connectivity index (χ1n) is 5.93. The summed E-state index contributed by atoms with van der Waals surface area (Å²) < 4.78 is 5.88. The van der Waals surface area contributed by atoms with E-state index in [1.807, 2.05) is 56.3 Å². The molecule has 0 amide bonds. The van der Waals surface area contributed by atoms with Crippen LogP contribution >= 0.6 is 0 Å². The highest BCUT2D eigenvalue weighted by Crippen LogP contribution is 2.25. The summed E-state index contributed by atoms with van der Waals surface area (Å²) >= 11 is 0. The highest BCUT2D eigenvalue weighted by atomic mass is 16.5. The molecule has 0 saturated heterocycles. The lowest BCUT2D eigenvalue weighted by Gasteiger charge is -2.16. The molecule has 0 aliphatic heterocycles. The van der Waals surface area contributed by atoms with E-state index < -0.39 is 0 Å². The van der Waals surface area contributed by atoms with Crippen LogP contribution in [0.4, 0.5) is 0 Å². The zero-order valence-corrected chi connectivity index (χ0v) is 10.6. The minimum Gasteiger partial charge on any atom is -0.485 e. The Hall–Kier alpha value is -2.27. The molecule has 0 saturated carbocycles. The second-order valence-electron chi connectivity index (χ2n) is 4.28. The molecule has 0 radical (unpaired) electrons. The van der Waals surface area contributed by atoms with Crippen LogP contribution in [0.5, 0.6) is 5.75 Å². The van der Waals surface area contributed by atoms with Crippen LogP contribution in [0, 0.1) is 18.3 Å². The molecule has 0 N–H and O–H groups in total. The van der Waals surface area contributed by atoms with E-state index in [0.717, 1.165) is 11.1 Å². The number of hydrogen-bond acceptors (Lipinski definition) is 2. The number of aryl methyl sites for hydroxylation is 1. The van der Waals surface area contributed by atoms with Gasteiger partial charge in [0.1, 0.15) is 17.9 Å². The van der Waals surface area contributed by atoms with Crippen LogP contribution in [0.3, 0.4) is 0 Å². The molecule has 2 heteroatoms. The Labute approximate surface area is 107 Å². The Bertz CT molecular complexity index is 569. The van der Waals surface area contributed by atoms with Crippen molar-refractivity contribution in [2.75, 3.05) is 0 Å². The molecule has 2 nitrogen and oxygen atoms in total. The molecule has 2 aromatic rings. The molecular weight excluding hydrogens is 222 g/mol. The fourth-order valence-corrected chi connectivity index (χ4v) is 1.80. The molecule has 1 unspecified atom stereocenters. The van der Waals surface area contributed by atoms with Gasteiger partial charge in [-0.1, -0.05) is 36.4 Å². The quantitative estimate of drug-likeness (QED) is 0.808. The van der Waals surface area contributed by atoms with Crippen LogP contribution in [0.2, 0.25) is 0 Å². The fourth-order valence-electron chi connectivity index (χ4n) is 1.80. The topological polar surface area (TPSA) is 33.0 Å². The zero-order chi connectivity index (χ0) is 13.0. The molecule has 0 aromatic heterocycles. The minimum absolute atomic E-state index is 0.0694. The molecular formula is C16H15NO. The summed E-state index contributed by atoms with van der Waals surface area (Å²) in [5, 5.41) is 9.06. The van der Waals surface area contributed by atoms with Crippen molar-refractivity contribution in [2.24, 2.45) is 0 Å². The Morgan fingerprint density at radius 1 is 1.11 bits per heavy atom. The number of benzene rings is 2. The van der Waals surface area contributed by atoms with E-state index in [9.17, 15) is 0 Å². The van der Waals surface area contributed by atoms with Crippen LogP contribution in [0.25, 0.3) is 0 Å². The van der Waals surface area contributed by atoms with Crippen molar-refractivity contribution in [3.05, 3.63) is 65.2 Å². The third-order valence-electron chi connectivity index (χ3n) is 2.83. The highest BCUT2D eigenvalue weighted by molar-refractivity contribution is 5.45. The molecule has 0 fully saturated rings. The average Bonchev–Trinajstić information content (AvgIpc) is 2.40. The summed E-state index contributed by atoms with van der Waals surface area (Å²) in [4.78, 5) is 0. The van der Waals surface area contributed by atoms with E-state index in [0.29, 0.717) is 11.3 Å². The molecule has 0 aliphatic rings. The first kappa shape index (κ1) is 12.2. The second kappa shape index (κ2) is 5.37. The Morgan fingerprint density at radius 2 is 1.83 bits per heavy atom. The molecule has 0 aliphatic carbocycles. The van der Waals surface area contributed by atoms with Gasteiger partial charge in [-0.2, -0.15) is 5.26 Å². The Morgan fingerprint density at radius 3 is 2.50 bits per heavy atom. The molecule has 0 heterocycles. The van der Waals surface area contributed by atoms with Gasteiger partial charge in [0.25, 0.3) is 0 Å². The van der Waals surface area contributed by atoms with Gasteiger partial charge in [0.2, 0.25) is 0 Å². The van der Waals surface area contributed by atoms with Gasteiger partial charge in [-0.05, 0) is 37.1 Å². The van der Waals surface area contributed by atoms with Crippen LogP contribution in [0.15, 0.2) is 48.5 Å². The highest BCUT2D eigenvalue weighted by Gasteiger charge is 2.10. The molecule has 2 rings (SSSR count). The summed E-state index contributed by atoms with van der Waals surface area (Å²) in [5.41, 5.74) is 2.76. The number of nitrogens with zero attached hydrogens (tertiary/aromatic N) is 1. The van der Waals surface area contributed by atoms with Crippen molar-refractivity contribution in [3.63, 3.8) is 0 Å². The first-order chi connectivity index (χ1) is 8.70.